The third-order valence-electron chi connectivity index (χ3n) is 8.81. The summed E-state index contributed by atoms with van der Waals surface area (Å²) in [5.74, 6) is 0. The van der Waals surface area contributed by atoms with E-state index in [1.165, 1.54) is 48.3 Å². The molecule has 0 atom stereocenters. The van der Waals surface area contributed by atoms with E-state index in [4.69, 9.17) is 9.40 Å². The second-order valence-corrected chi connectivity index (χ2v) is 14.9. The van der Waals surface area contributed by atoms with Gasteiger partial charge in [-0.3, -0.25) is 0 Å². The van der Waals surface area contributed by atoms with E-state index >= 15 is 0 Å². The molecule has 1 radical (unpaired) electrons. The van der Waals surface area contributed by atoms with Crippen LogP contribution in [0.3, 0.4) is 0 Å². The predicted octanol–water partition coefficient (Wildman–Crippen LogP) is 12.4. The van der Waals surface area contributed by atoms with Gasteiger partial charge in [-0.1, -0.05) is 68.1 Å². The fourth-order valence-corrected chi connectivity index (χ4v) is 7.36. The molecule has 0 amide bonds. The van der Waals surface area contributed by atoms with Gasteiger partial charge < -0.3 is 14.4 Å². The minimum Gasteiger partial charge on any atom is -0.501 e. The van der Waals surface area contributed by atoms with E-state index in [2.05, 4.69) is 113 Å². The first kappa shape index (κ1) is 34.5. The number of aryl methyl sites for hydroxylation is 4. The van der Waals surface area contributed by atoms with E-state index < -0.39 is 0 Å². The van der Waals surface area contributed by atoms with E-state index in [0.29, 0.717) is 0 Å². The van der Waals surface area contributed by atoms with Gasteiger partial charge in [0.2, 0.25) is 0 Å². The summed E-state index contributed by atoms with van der Waals surface area (Å²) in [7, 11) is 0. The molecule has 4 heterocycles. The van der Waals surface area contributed by atoms with E-state index in [1.807, 2.05) is 55.7 Å². The first-order chi connectivity index (χ1) is 23.1. The van der Waals surface area contributed by atoms with Crippen LogP contribution in [0.1, 0.15) is 47.9 Å². The standard InChI is InChI=1S/C32H28NOS.C12H10N.Ir/c1-18-9-7-10-19(2)30(18)25-17-33-27(15-26(25)32(4,5)6)23-12-8-11-22-24-14-21-13-20(3)35-29(21)16-28(24)34-31(22)23;1-10-7-8-12(13-9-10)11-5-3-2-4-6-11;/h7-11,13-17H,1-6H3;2-5,7-9H,1H3;/q2*-1;. The van der Waals surface area contributed by atoms with Crippen LogP contribution in [0.25, 0.3) is 65.7 Å². The molecule has 0 fully saturated rings. The molecule has 0 saturated carbocycles. The van der Waals surface area contributed by atoms with Crippen LogP contribution in [0.5, 0.6) is 0 Å². The Kier molecular flexibility index (Phi) is 9.73. The fourth-order valence-electron chi connectivity index (χ4n) is 6.43. The molecule has 0 bridgehead atoms. The number of hydrogen-bond acceptors (Lipinski definition) is 4. The van der Waals surface area contributed by atoms with Crippen LogP contribution in [0, 0.1) is 39.8 Å². The van der Waals surface area contributed by atoms with Gasteiger partial charge in [0.05, 0.1) is 5.58 Å². The van der Waals surface area contributed by atoms with E-state index in [0.717, 1.165) is 44.5 Å². The Morgan fingerprint density at radius 1 is 0.714 bits per heavy atom. The molecule has 8 aromatic rings. The molecule has 0 N–H and O–H groups in total. The number of thiophene rings is 1. The molecule has 247 valence electrons. The minimum atomic E-state index is -0.0499. The van der Waals surface area contributed by atoms with E-state index in [-0.39, 0.29) is 25.5 Å². The zero-order valence-electron chi connectivity index (χ0n) is 28.9. The molecule has 4 aromatic carbocycles. The average molecular weight is 835 g/mol. The fraction of sp³-hybridized carbons (Fsp3) is 0.182. The van der Waals surface area contributed by atoms with Gasteiger partial charge in [-0.05, 0) is 95.9 Å². The summed E-state index contributed by atoms with van der Waals surface area (Å²) in [5, 5.41) is 3.52. The number of nitrogens with zero attached hydrogens (tertiary/aromatic N) is 2. The Morgan fingerprint density at radius 3 is 2.18 bits per heavy atom. The molecule has 0 aliphatic carbocycles. The van der Waals surface area contributed by atoms with Crippen molar-refractivity contribution >= 4 is 43.4 Å². The van der Waals surface area contributed by atoms with Crippen molar-refractivity contribution in [2.45, 2.75) is 53.9 Å². The molecule has 4 aromatic heterocycles. The number of furan rings is 1. The SMILES string of the molecule is Cc1cc2cc3c(cc2s1)oc1c(-c2cc(C(C)(C)C)c(-c4c(C)cccc4C)cn2)[c-]ccc13.Cc1ccc(-c2[c-]cccc2)nc1.[Ir]. The molecule has 0 aliphatic rings. The normalized spacial score (nSPS) is 11.4. The molecular weight excluding hydrogens is 797 g/mol. The van der Waals surface area contributed by atoms with Gasteiger partial charge in [-0.2, -0.15) is 0 Å². The Balaban J connectivity index is 0.000000250. The molecule has 0 aliphatic heterocycles. The molecule has 0 unspecified atom stereocenters. The van der Waals surface area contributed by atoms with Crippen molar-refractivity contribution in [3.8, 4) is 33.6 Å². The van der Waals surface area contributed by atoms with Gasteiger partial charge >= 0.3 is 0 Å². The number of aromatic nitrogens is 2. The van der Waals surface area contributed by atoms with Crippen molar-refractivity contribution in [2.24, 2.45) is 0 Å². The third-order valence-corrected chi connectivity index (χ3v) is 9.82. The molecular formula is C44H38IrN2OS-2. The first-order valence-corrected chi connectivity index (χ1v) is 17.1. The van der Waals surface area contributed by atoms with Gasteiger partial charge in [-0.15, -0.1) is 65.4 Å². The van der Waals surface area contributed by atoms with Crippen LogP contribution in [0.4, 0.5) is 0 Å². The van der Waals surface area contributed by atoms with Crippen LogP contribution in [0.2, 0.25) is 0 Å². The van der Waals surface area contributed by atoms with Crippen LogP contribution in [-0.2, 0) is 25.5 Å². The summed E-state index contributed by atoms with van der Waals surface area (Å²) in [6.45, 7) is 15.3. The largest absolute Gasteiger partial charge is 0.501 e. The number of rotatable bonds is 3. The van der Waals surface area contributed by atoms with Crippen molar-refractivity contribution in [1.29, 1.82) is 0 Å². The van der Waals surface area contributed by atoms with E-state index in [9.17, 15) is 0 Å². The first-order valence-electron chi connectivity index (χ1n) is 16.3. The summed E-state index contributed by atoms with van der Waals surface area (Å²) in [6.07, 6.45) is 3.91. The van der Waals surface area contributed by atoms with Crippen molar-refractivity contribution in [1.82, 2.24) is 9.97 Å². The quantitative estimate of drug-likeness (QED) is 0.166. The maximum atomic E-state index is 6.47. The zero-order valence-corrected chi connectivity index (χ0v) is 32.1. The Bertz CT molecular complexity index is 2400. The Hall–Kier alpha value is -4.41. The monoisotopic (exact) mass is 835 g/mol. The molecule has 0 saturated heterocycles. The van der Waals surface area contributed by atoms with Gasteiger partial charge in [0, 0.05) is 53.0 Å². The van der Waals surface area contributed by atoms with E-state index in [1.54, 1.807) is 11.3 Å². The van der Waals surface area contributed by atoms with Gasteiger partial charge in [0.1, 0.15) is 5.58 Å². The number of pyridine rings is 2. The van der Waals surface area contributed by atoms with Crippen LogP contribution in [0.15, 0.2) is 108 Å². The number of benzene rings is 4. The topological polar surface area (TPSA) is 38.9 Å². The number of hydrogen-bond donors (Lipinski definition) is 0. The molecule has 0 spiro atoms. The van der Waals surface area contributed by atoms with Crippen LogP contribution >= 0.6 is 11.3 Å². The van der Waals surface area contributed by atoms with Crippen molar-refractivity contribution in [2.75, 3.05) is 0 Å². The van der Waals surface area contributed by atoms with Crippen LogP contribution < -0.4 is 0 Å². The van der Waals surface area contributed by atoms with Gasteiger partial charge in [0.25, 0.3) is 0 Å². The van der Waals surface area contributed by atoms with Crippen molar-refractivity contribution in [3.05, 3.63) is 143 Å². The second-order valence-electron chi connectivity index (χ2n) is 13.6. The maximum Gasteiger partial charge on any atom is 0.122 e. The summed E-state index contributed by atoms with van der Waals surface area (Å²) >= 11 is 1.80. The summed E-state index contributed by atoms with van der Waals surface area (Å²) < 4.78 is 7.72. The van der Waals surface area contributed by atoms with Crippen LogP contribution in [-0.4, -0.2) is 9.97 Å². The summed E-state index contributed by atoms with van der Waals surface area (Å²) in [5.41, 5.74) is 13.0. The molecule has 3 nitrogen and oxygen atoms in total. The molecule has 8 rings (SSSR count). The maximum absolute atomic E-state index is 6.47. The van der Waals surface area contributed by atoms with Gasteiger partial charge in [-0.25, -0.2) is 0 Å². The summed E-state index contributed by atoms with van der Waals surface area (Å²) in [6, 6.07) is 38.0. The average Bonchev–Trinajstić information content (AvgIpc) is 3.62. The van der Waals surface area contributed by atoms with Crippen molar-refractivity contribution in [3.63, 3.8) is 0 Å². The Labute approximate surface area is 306 Å². The summed E-state index contributed by atoms with van der Waals surface area (Å²) in [4.78, 5) is 10.6. The smallest absolute Gasteiger partial charge is 0.122 e. The van der Waals surface area contributed by atoms with Crippen molar-refractivity contribution < 1.29 is 24.5 Å². The predicted molar refractivity (Wildman–Crippen MR) is 203 cm³/mol. The minimum absolute atomic E-state index is 0. The third kappa shape index (κ3) is 6.89. The Morgan fingerprint density at radius 2 is 1.49 bits per heavy atom. The second kappa shape index (κ2) is 13.8. The molecule has 5 heteroatoms. The molecule has 49 heavy (non-hydrogen) atoms. The number of fused-ring (bicyclic) bond motifs is 4. The van der Waals surface area contributed by atoms with Gasteiger partial charge in [0.15, 0.2) is 0 Å². The zero-order chi connectivity index (χ0) is 33.6.